The second kappa shape index (κ2) is 4.75. The first-order valence-electron chi connectivity index (χ1n) is 5.69. The molecule has 0 aromatic heterocycles. The number of hydrogen-bond acceptors (Lipinski definition) is 2. The van der Waals surface area contributed by atoms with Gasteiger partial charge in [0.05, 0.1) is 5.02 Å². The molecule has 1 aromatic carbocycles. The number of Topliss-reactive ketones (excluding diaryl/α,β-unsaturated/α-hetero) is 1. The minimum atomic E-state index is -0.448. The fourth-order valence-corrected chi connectivity index (χ4v) is 2.31. The molecule has 1 atom stereocenters. The molecule has 0 aliphatic carbocycles. The molecule has 1 saturated heterocycles. The summed E-state index contributed by atoms with van der Waals surface area (Å²) in [5.74, 6) is -0.262. The summed E-state index contributed by atoms with van der Waals surface area (Å²) in [6.07, 6.45) is 1.18. The van der Waals surface area contributed by atoms with Crippen molar-refractivity contribution in [3.8, 4) is 0 Å². The number of rotatable bonds is 3. The third kappa shape index (κ3) is 2.67. The summed E-state index contributed by atoms with van der Waals surface area (Å²) in [6, 6.07) is 4.45. The zero-order chi connectivity index (χ0) is 12.5. The Labute approximate surface area is 105 Å². The van der Waals surface area contributed by atoms with Gasteiger partial charge in [-0.3, -0.25) is 4.79 Å². The van der Waals surface area contributed by atoms with E-state index in [1.54, 1.807) is 6.07 Å². The first-order chi connectivity index (χ1) is 8.01. The lowest BCUT2D eigenvalue weighted by Crippen LogP contribution is -2.31. The zero-order valence-corrected chi connectivity index (χ0v) is 10.5. The highest BCUT2D eigenvalue weighted by Crippen LogP contribution is 2.27. The average Bonchev–Trinajstić information content (AvgIpc) is 2.72. The van der Waals surface area contributed by atoms with E-state index in [0.29, 0.717) is 6.42 Å². The number of benzene rings is 1. The largest absolute Gasteiger partial charge is 0.316 e. The van der Waals surface area contributed by atoms with Crippen molar-refractivity contribution in [3.05, 3.63) is 34.6 Å². The van der Waals surface area contributed by atoms with Gasteiger partial charge in [-0.05, 0) is 30.7 Å². The van der Waals surface area contributed by atoms with Crippen LogP contribution in [0.5, 0.6) is 0 Å². The van der Waals surface area contributed by atoms with Gasteiger partial charge in [-0.25, -0.2) is 4.39 Å². The maximum absolute atomic E-state index is 13.0. The van der Waals surface area contributed by atoms with Crippen molar-refractivity contribution in [2.24, 2.45) is 5.41 Å². The van der Waals surface area contributed by atoms with Gasteiger partial charge < -0.3 is 5.32 Å². The molecule has 2 nitrogen and oxygen atoms in total. The van der Waals surface area contributed by atoms with E-state index in [4.69, 9.17) is 11.6 Å². The Balaban J connectivity index is 2.10. The summed E-state index contributed by atoms with van der Waals surface area (Å²) in [6.45, 7) is 3.58. The Morgan fingerprint density at radius 2 is 2.35 bits per heavy atom. The molecular weight excluding hydrogens is 241 g/mol. The van der Waals surface area contributed by atoms with Crippen LogP contribution in [-0.4, -0.2) is 18.9 Å². The first kappa shape index (κ1) is 12.5. The minimum absolute atomic E-state index is 0.0741. The summed E-state index contributed by atoms with van der Waals surface area (Å²) in [7, 11) is 0. The van der Waals surface area contributed by atoms with Gasteiger partial charge in [-0.15, -0.1) is 0 Å². The molecule has 0 bridgehead atoms. The maximum Gasteiger partial charge on any atom is 0.144 e. The summed E-state index contributed by atoms with van der Waals surface area (Å²) < 4.78 is 13.0. The van der Waals surface area contributed by atoms with Crippen LogP contribution in [0.3, 0.4) is 0 Å². The number of nitrogens with one attached hydrogen (secondary N) is 1. The molecule has 1 N–H and O–H groups in total. The molecular formula is C13H15ClFNO. The number of carbonyl (C=O) groups excluding carboxylic acids is 1. The SMILES string of the molecule is CC1(C(=O)Cc2ccc(F)c(Cl)c2)CCNC1. The van der Waals surface area contributed by atoms with Crippen LogP contribution in [0, 0.1) is 11.2 Å². The number of halogens is 2. The molecule has 1 fully saturated rings. The van der Waals surface area contributed by atoms with Crippen LogP contribution in [0.15, 0.2) is 18.2 Å². The number of ketones is 1. The van der Waals surface area contributed by atoms with Crippen molar-refractivity contribution >= 4 is 17.4 Å². The van der Waals surface area contributed by atoms with Gasteiger partial charge in [0.2, 0.25) is 0 Å². The summed E-state index contributed by atoms with van der Waals surface area (Å²) in [4.78, 5) is 12.2. The van der Waals surface area contributed by atoms with E-state index in [0.717, 1.165) is 25.1 Å². The zero-order valence-electron chi connectivity index (χ0n) is 9.72. The lowest BCUT2D eigenvalue weighted by atomic mass is 9.82. The van der Waals surface area contributed by atoms with Gasteiger partial charge in [-0.1, -0.05) is 24.6 Å². The highest BCUT2D eigenvalue weighted by atomic mass is 35.5. The Morgan fingerprint density at radius 3 is 2.94 bits per heavy atom. The van der Waals surface area contributed by atoms with E-state index < -0.39 is 5.82 Å². The Kier molecular flexibility index (Phi) is 3.50. The Morgan fingerprint density at radius 1 is 1.59 bits per heavy atom. The van der Waals surface area contributed by atoms with Gasteiger partial charge in [0.25, 0.3) is 0 Å². The second-order valence-corrected chi connectivity index (χ2v) is 5.24. The fraction of sp³-hybridized carbons (Fsp3) is 0.462. The van der Waals surface area contributed by atoms with Crippen LogP contribution < -0.4 is 5.32 Å². The average molecular weight is 256 g/mol. The topological polar surface area (TPSA) is 29.1 Å². The fourth-order valence-electron chi connectivity index (χ4n) is 2.10. The molecule has 0 saturated carbocycles. The summed E-state index contributed by atoms with van der Waals surface area (Å²) in [5.41, 5.74) is 0.482. The van der Waals surface area contributed by atoms with Crippen molar-refractivity contribution in [2.75, 3.05) is 13.1 Å². The van der Waals surface area contributed by atoms with Crippen molar-refractivity contribution in [1.29, 1.82) is 0 Å². The molecule has 1 heterocycles. The maximum atomic E-state index is 13.0. The molecule has 0 radical (unpaired) electrons. The van der Waals surface area contributed by atoms with E-state index in [2.05, 4.69) is 5.32 Å². The van der Waals surface area contributed by atoms with Crippen molar-refractivity contribution in [2.45, 2.75) is 19.8 Å². The minimum Gasteiger partial charge on any atom is -0.316 e. The standard InChI is InChI=1S/C13H15ClFNO/c1-13(4-5-16-8-13)12(17)7-9-2-3-11(15)10(14)6-9/h2-3,6,16H,4-5,7-8H2,1H3. The molecule has 0 amide bonds. The van der Waals surface area contributed by atoms with Crippen LogP contribution in [0.4, 0.5) is 4.39 Å². The normalized spacial score (nSPS) is 23.9. The van der Waals surface area contributed by atoms with Crippen molar-refractivity contribution < 1.29 is 9.18 Å². The molecule has 17 heavy (non-hydrogen) atoms. The van der Waals surface area contributed by atoms with Gasteiger partial charge in [-0.2, -0.15) is 0 Å². The smallest absolute Gasteiger partial charge is 0.144 e. The van der Waals surface area contributed by atoms with Crippen molar-refractivity contribution in [3.63, 3.8) is 0 Å². The molecule has 1 unspecified atom stereocenters. The van der Waals surface area contributed by atoms with Crippen LogP contribution >= 0.6 is 11.6 Å². The summed E-state index contributed by atoms with van der Waals surface area (Å²) in [5, 5.41) is 3.27. The molecule has 1 aliphatic rings. The van der Waals surface area contributed by atoms with E-state index in [1.165, 1.54) is 12.1 Å². The summed E-state index contributed by atoms with van der Waals surface area (Å²) >= 11 is 5.69. The molecule has 1 aromatic rings. The van der Waals surface area contributed by atoms with Crippen LogP contribution in [0.25, 0.3) is 0 Å². The van der Waals surface area contributed by atoms with Crippen molar-refractivity contribution in [1.82, 2.24) is 5.32 Å². The Hall–Kier alpha value is -0.930. The molecule has 2 rings (SSSR count). The quantitative estimate of drug-likeness (QED) is 0.900. The van der Waals surface area contributed by atoms with Crippen LogP contribution in [-0.2, 0) is 11.2 Å². The van der Waals surface area contributed by atoms with Crippen LogP contribution in [0.1, 0.15) is 18.9 Å². The highest BCUT2D eigenvalue weighted by Gasteiger charge is 2.35. The third-order valence-electron chi connectivity index (χ3n) is 3.39. The monoisotopic (exact) mass is 255 g/mol. The van der Waals surface area contributed by atoms with E-state index in [1.807, 2.05) is 6.92 Å². The highest BCUT2D eigenvalue weighted by molar-refractivity contribution is 6.30. The number of hydrogen-bond donors (Lipinski definition) is 1. The molecule has 4 heteroatoms. The second-order valence-electron chi connectivity index (χ2n) is 4.84. The van der Waals surface area contributed by atoms with E-state index in [-0.39, 0.29) is 16.2 Å². The lowest BCUT2D eigenvalue weighted by Gasteiger charge is -2.20. The third-order valence-corrected chi connectivity index (χ3v) is 3.68. The van der Waals surface area contributed by atoms with Gasteiger partial charge >= 0.3 is 0 Å². The molecule has 1 aliphatic heterocycles. The Bertz CT molecular complexity index is 441. The first-order valence-corrected chi connectivity index (χ1v) is 6.07. The lowest BCUT2D eigenvalue weighted by molar-refractivity contribution is -0.126. The molecule has 92 valence electrons. The number of carbonyl (C=O) groups is 1. The van der Waals surface area contributed by atoms with Gasteiger partial charge in [0, 0.05) is 18.4 Å². The predicted octanol–water partition coefficient (Wildman–Crippen LogP) is 2.59. The van der Waals surface area contributed by atoms with Crippen LogP contribution in [0.2, 0.25) is 5.02 Å². The molecule has 0 spiro atoms. The predicted molar refractivity (Wildman–Crippen MR) is 65.7 cm³/mol. The van der Waals surface area contributed by atoms with Gasteiger partial charge in [0.15, 0.2) is 0 Å². The van der Waals surface area contributed by atoms with Gasteiger partial charge in [0.1, 0.15) is 11.6 Å². The van der Waals surface area contributed by atoms with E-state index in [9.17, 15) is 9.18 Å². The van der Waals surface area contributed by atoms with E-state index >= 15 is 0 Å².